The summed E-state index contributed by atoms with van der Waals surface area (Å²) < 4.78 is 4.59. The number of carbonyl (C=O) groups excluding carboxylic acids is 1. The zero-order valence-electron chi connectivity index (χ0n) is 5.89. The maximum atomic E-state index is 8.68. The first-order valence-electron chi connectivity index (χ1n) is 2.72. The molecule has 0 aromatic carbocycles. The molecule has 0 aliphatic heterocycles. The molecule has 0 atom stereocenters. The van der Waals surface area contributed by atoms with Crippen molar-refractivity contribution in [1.82, 2.24) is 0 Å². The SMILES string of the molecule is CCOC(=[OH+])/C=C(/C)O.[Cu]. The molecule has 0 saturated heterocycles. The average molecular weight is 195 g/mol. The summed E-state index contributed by atoms with van der Waals surface area (Å²) in [5.41, 5.74) is 0. The van der Waals surface area contributed by atoms with E-state index in [2.05, 4.69) is 4.74 Å². The predicted octanol–water partition coefficient (Wildman–Crippen LogP) is 0.985. The molecule has 1 radical (unpaired) electrons. The van der Waals surface area contributed by atoms with Crippen LogP contribution < -0.4 is 0 Å². The summed E-state index contributed by atoms with van der Waals surface area (Å²) in [5.74, 6) is -0.224. The van der Waals surface area contributed by atoms with Crippen LogP contribution in [0.4, 0.5) is 0 Å². The van der Waals surface area contributed by atoms with Crippen LogP contribution in [0.2, 0.25) is 0 Å². The Hall–Kier alpha value is -0.471. The van der Waals surface area contributed by atoms with Gasteiger partial charge < -0.3 is 14.6 Å². The van der Waals surface area contributed by atoms with Gasteiger partial charge in [0.15, 0.2) is 6.61 Å². The largest absolute Gasteiger partial charge is 0.513 e. The zero-order chi connectivity index (χ0) is 7.28. The Labute approximate surface area is 70.5 Å². The van der Waals surface area contributed by atoms with Crippen molar-refractivity contribution in [1.29, 1.82) is 0 Å². The molecule has 0 aliphatic carbocycles. The van der Waals surface area contributed by atoms with Crippen LogP contribution in [0.5, 0.6) is 0 Å². The molecule has 2 N–H and O–H groups in total. The van der Waals surface area contributed by atoms with E-state index in [1.54, 1.807) is 6.92 Å². The molecular weight excluding hydrogens is 184 g/mol. The third kappa shape index (κ3) is 7.53. The Morgan fingerprint density at radius 2 is 2.20 bits per heavy atom. The first kappa shape index (κ1) is 12.2. The summed E-state index contributed by atoms with van der Waals surface area (Å²) in [6, 6.07) is 0. The van der Waals surface area contributed by atoms with Crippen molar-refractivity contribution in [3.8, 4) is 0 Å². The molecule has 0 aromatic rings. The maximum absolute atomic E-state index is 8.68. The Morgan fingerprint density at radius 3 is 2.50 bits per heavy atom. The number of hydrogen-bond acceptors (Lipinski definition) is 2. The molecule has 3 nitrogen and oxygen atoms in total. The predicted molar refractivity (Wildman–Crippen MR) is 35.0 cm³/mol. The van der Waals surface area contributed by atoms with E-state index >= 15 is 0 Å². The standard InChI is InChI=1S/C6H10O3.Cu/c1-3-9-6(8)4-5(2)7;/h4,7H,3H2,1-2H3;/p+1/b5-4-;. The first-order valence-corrected chi connectivity index (χ1v) is 2.72. The molecule has 0 bridgehead atoms. The molecule has 0 rings (SSSR count). The third-order valence-electron chi connectivity index (χ3n) is 0.625. The topological polar surface area (TPSA) is 50.9 Å². The van der Waals surface area contributed by atoms with Gasteiger partial charge in [-0.25, -0.2) is 0 Å². The second kappa shape index (κ2) is 6.65. The molecule has 10 heavy (non-hydrogen) atoms. The smallest absolute Gasteiger partial charge is 0.512 e. The number of rotatable bonds is 2. The van der Waals surface area contributed by atoms with E-state index in [0.717, 1.165) is 6.08 Å². The quantitative estimate of drug-likeness (QED) is 0.234. The fourth-order valence-corrected chi connectivity index (χ4v) is 0.368. The molecule has 0 spiro atoms. The molecule has 0 amide bonds. The number of aliphatic hydroxyl groups is 1. The van der Waals surface area contributed by atoms with Gasteiger partial charge in [-0.3, -0.25) is 0 Å². The summed E-state index contributed by atoms with van der Waals surface area (Å²) in [5, 5.41) is 8.55. The Bertz CT molecular complexity index is 127. The van der Waals surface area contributed by atoms with E-state index in [1.807, 2.05) is 0 Å². The normalized spacial score (nSPS) is 10.0. The van der Waals surface area contributed by atoms with Gasteiger partial charge in [0.1, 0.15) is 11.8 Å². The molecule has 0 unspecified atom stereocenters. The average Bonchev–Trinajstić information content (AvgIpc) is 1.63. The van der Waals surface area contributed by atoms with Crippen LogP contribution in [0.3, 0.4) is 0 Å². The van der Waals surface area contributed by atoms with Gasteiger partial charge in [0.2, 0.25) is 0 Å². The van der Waals surface area contributed by atoms with E-state index < -0.39 is 0 Å². The van der Waals surface area contributed by atoms with Crippen LogP contribution in [0, 0.1) is 0 Å². The minimum Gasteiger partial charge on any atom is -0.512 e. The van der Waals surface area contributed by atoms with E-state index in [1.165, 1.54) is 6.92 Å². The van der Waals surface area contributed by atoms with Crippen LogP contribution in [0.1, 0.15) is 13.8 Å². The van der Waals surface area contributed by atoms with E-state index in [4.69, 9.17) is 9.90 Å². The molecule has 4 heteroatoms. The third-order valence-corrected chi connectivity index (χ3v) is 0.625. The summed E-state index contributed by atoms with van der Waals surface area (Å²) in [4.78, 5) is 8.68. The van der Waals surface area contributed by atoms with Crippen molar-refractivity contribution < 1.29 is 31.7 Å². The molecular formula is C6H11CuO3+. The zero-order valence-corrected chi connectivity index (χ0v) is 6.83. The van der Waals surface area contributed by atoms with Crippen LogP contribution in [-0.4, -0.2) is 22.5 Å². The second-order valence-corrected chi connectivity index (χ2v) is 1.56. The fourth-order valence-electron chi connectivity index (χ4n) is 0.368. The fraction of sp³-hybridized carbons (Fsp3) is 0.500. The molecule has 0 heterocycles. The first-order chi connectivity index (χ1) is 4.16. The van der Waals surface area contributed by atoms with Gasteiger partial charge >= 0.3 is 5.97 Å². The Balaban J connectivity index is 0. The number of esters is 1. The van der Waals surface area contributed by atoms with Gasteiger partial charge in [-0.1, -0.05) is 0 Å². The van der Waals surface area contributed by atoms with Gasteiger partial charge in [-0.15, -0.1) is 0 Å². The number of allylic oxidation sites excluding steroid dienone is 1. The van der Waals surface area contributed by atoms with Gasteiger partial charge in [-0.05, 0) is 13.8 Å². The molecule has 0 fully saturated rings. The van der Waals surface area contributed by atoms with Crippen LogP contribution in [-0.2, 0) is 21.8 Å². The summed E-state index contributed by atoms with van der Waals surface area (Å²) in [6.07, 6.45) is 1.14. The van der Waals surface area contributed by atoms with E-state index in [9.17, 15) is 0 Å². The van der Waals surface area contributed by atoms with Crippen molar-refractivity contribution in [3.63, 3.8) is 0 Å². The minimum absolute atomic E-state index is 0. The number of aliphatic hydroxyl groups excluding tert-OH is 1. The Morgan fingerprint density at radius 1 is 1.70 bits per heavy atom. The van der Waals surface area contributed by atoms with Crippen LogP contribution in [0.15, 0.2) is 11.8 Å². The van der Waals surface area contributed by atoms with Gasteiger partial charge in [0.05, 0.1) is 0 Å². The molecule has 0 saturated carbocycles. The molecule has 63 valence electrons. The molecule has 0 aliphatic rings. The van der Waals surface area contributed by atoms with E-state index in [-0.39, 0.29) is 28.8 Å². The van der Waals surface area contributed by atoms with E-state index in [0.29, 0.717) is 6.61 Å². The Kier molecular flexibility index (Phi) is 8.13. The summed E-state index contributed by atoms with van der Waals surface area (Å²) in [6.45, 7) is 3.60. The number of hydrogen-bond donors (Lipinski definition) is 1. The van der Waals surface area contributed by atoms with Crippen molar-refractivity contribution >= 4 is 5.97 Å². The van der Waals surface area contributed by atoms with Crippen molar-refractivity contribution in [2.24, 2.45) is 0 Å². The van der Waals surface area contributed by atoms with Crippen LogP contribution in [0.25, 0.3) is 0 Å². The van der Waals surface area contributed by atoms with Gasteiger partial charge in [0, 0.05) is 17.1 Å². The van der Waals surface area contributed by atoms with Gasteiger partial charge in [-0.2, -0.15) is 0 Å². The number of ether oxygens (including phenoxy) is 1. The van der Waals surface area contributed by atoms with Gasteiger partial charge in [0.25, 0.3) is 0 Å². The van der Waals surface area contributed by atoms with Crippen LogP contribution >= 0.6 is 0 Å². The minimum atomic E-state index is -0.252. The molecule has 0 aromatic heterocycles. The monoisotopic (exact) mass is 194 g/mol. The van der Waals surface area contributed by atoms with Crippen molar-refractivity contribution in [3.05, 3.63) is 11.8 Å². The summed E-state index contributed by atoms with van der Waals surface area (Å²) >= 11 is 0. The van der Waals surface area contributed by atoms with Crippen molar-refractivity contribution in [2.45, 2.75) is 13.8 Å². The summed E-state index contributed by atoms with van der Waals surface area (Å²) in [7, 11) is 0. The second-order valence-electron chi connectivity index (χ2n) is 1.56. The maximum Gasteiger partial charge on any atom is 0.513 e. The van der Waals surface area contributed by atoms with Crippen molar-refractivity contribution in [2.75, 3.05) is 6.61 Å².